The van der Waals surface area contributed by atoms with Crippen molar-refractivity contribution in [3.05, 3.63) is 18.3 Å². The summed E-state index contributed by atoms with van der Waals surface area (Å²) < 4.78 is 0. The molecule has 15 heavy (non-hydrogen) atoms. The summed E-state index contributed by atoms with van der Waals surface area (Å²) >= 11 is 0. The summed E-state index contributed by atoms with van der Waals surface area (Å²) in [5, 5.41) is 3.42. The fourth-order valence-electron chi connectivity index (χ4n) is 2.02. The second-order valence-electron chi connectivity index (χ2n) is 4.22. The lowest BCUT2D eigenvalue weighted by Crippen LogP contribution is -2.39. The molecule has 2 rings (SSSR count). The fraction of sp³-hybridized carbons (Fsp3) is 0.545. The Morgan fingerprint density at radius 1 is 1.60 bits per heavy atom. The molecule has 1 aromatic rings. The van der Waals surface area contributed by atoms with Crippen LogP contribution in [0.15, 0.2) is 18.3 Å². The highest BCUT2D eigenvalue weighted by Crippen LogP contribution is 2.14. The van der Waals surface area contributed by atoms with Crippen molar-refractivity contribution in [2.24, 2.45) is 0 Å². The molecule has 0 radical (unpaired) electrons. The van der Waals surface area contributed by atoms with Gasteiger partial charge in [0.05, 0.1) is 0 Å². The number of nitrogen functional groups attached to an aromatic ring is 1. The van der Waals surface area contributed by atoms with Crippen LogP contribution in [0, 0.1) is 0 Å². The number of nitrogens with zero attached hydrogens (tertiary/aromatic N) is 2. The van der Waals surface area contributed by atoms with Crippen LogP contribution in [0.25, 0.3) is 0 Å². The second kappa shape index (κ2) is 4.49. The van der Waals surface area contributed by atoms with Gasteiger partial charge in [-0.25, -0.2) is 4.98 Å². The monoisotopic (exact) mass is 206 g/mol. The van der Waals surface area contributed by atoms with Gasteiger partial charge >= 0.3 is 0 Å². The Morgan fingerprint density at radius 3 is 3.20 bits per heavy atom. The van der Waals surface area contributed by atoms with Crippen LogP contribution in [-0.2, 0) is 0 Å². The molecule has 4 nitrogen and oxygen atoms in total. The number of piperidine rings is 1. The van der Waals surface area contributed by atoms with Crippen LogP contribution in [0.1, 0.15) is 12.8 Å². The molecular formula is C11H18N4. The molecule has 4 heteroatoms. The quantitative estimate of drug-likeness (QED) is 0.762. The first kappa shape index (κ1) is 10.2. The normalized spacial score (nSPS) is 22.6. The molecule has 0 aromatic carbocycles. The van der Waals surface area contributed by atoms with Gasteiger partial charge in [0.15, 0.2) is 0 Å². The number of nitrogens with two attached hydrogens (primary N) is 1. The third-order valence-corrected chi connectivity index (χ3v) is 2.76. The number of aromatic nitrogens is 1. The average molecular weight is 206 g/mol. The summed E-state index contributed by atoms with van der Waals surface area (Å²) in [5.74, 6) is 0.885. The molecule has 1 aliphatic rings. The van der Waals surface area contributed by atoms with Crippen LogP contribution in [0.2, 0.25) is 0 Å². The summed E-state index contributed by atoms with van der Waals surface area (Å²) in [6.45, 7) is 2.28. The standard InChI is InChI=1S/C11H18N4/c1-15-6-2-3-10(8-15)14-11-7-9(12)4-5-13-11/h4-5,7,10H,2-3,6,8H2,1H3,(H3,12,13,14). The summed E-state index contributed by atoms with van der Waals surface area (Å²) in [6.07, 6.45) is 4.20. The van der Waals surface area contributed by atoms with Gasteiger partial charge in [0.1, 0.15) is 5.82 Å². The van der Waals surface area contributed by atoms with Gasteiger partial charge in [-0.15, -0.1) is 0 Å². The van der Waals surface area contributed by atoms with Gasteiger partial charge in [-0.3, -0.25) is 0 Å². The summed E-state index contributed by atoms with van der Waals surface area (Å²) in [5.41, 5.74) is 6.46. The Hall–Kier alpha value is -1.29. The SMILES string of the molecule is CN1CCCC(Nc2cc(N)ccn2)C1. The highest BCUT2D eigenvalue weighted by Gasteiger charge is 2.16. The maximum atomic E-state index is 5.70. The van der Waals surface area contributed by atoms with E-state index in [1.54, 1.807) is 12.3 Å². The van der Waals surface area contributed by atoms with Crippen LogP contribution in [0.4, 0.5) is 11.5 Å². The Kier molecular flexibility index (Phi) is 3.06. The van der Waals surface area contributed by atoms with Crippen molar-refractivity contribution in [3.63, 3.8) is 0 Å². The van der Waals surface area contributed by atoms with Gasteiger partial charge in [0, 0.05) is 30.5 Å². The Morgan fingerprint density at radius 2 is 2.47 bits per heavy atom. The number of pyridine rings is 1. The van der Waals surface area contributed by atoms with Crippen molar-refractivity contribution < 1.29 is 0 Å². The Bertz CT molecular complexity index is 326. The highest BCUT2D eigenvalue weighted by atomic mass is 15.1. The fourth-order valence-corrected chi connectivity index (χ4v) is 2.02. The molecule has 0 bridgehead atoms. The number of hydrogen-bond acceptors (Lipinski definition) is 4. The molecule has 82 valence electrons. The van der Waals surface area contributed by atoms with Crippen LogP contribution in [0.3, 0.4) is 0 Å². The zero-order valence-corrected chi connectivity index (χ0v) is 9.11. The molecule has 0 saturated carbocycles. The van der Waals surface area contributed by atoms with E-state index in [1.807, 2.05) is 6.07 Å². The molecule has 1 unspecified atom stereocenters. The second-order valence-corrected chi connectivity index (χ2v) is 4.22. The number of rotatable bonds is 2. The molecule has 0 amide bonds. The molecule has 1 atom stereocenters. The van der Waals surface area contributed by atoms with E-state index in [0.717, 1.165) is 18.1 Å². The van der Waals surface area contributed by atoms with Crippen LogP contribution in [-0.4, -0.2) is 36.1 Å². The van der Waals surface area contributed by atoms with E-state index < -0.39 is 0 Å². The zero-order chi connectivity index (χ0) is 10.7. The Balaban J connectivity index is 1.96. The van der Waals surface area contributed by atoms with Gasteiger partial charge in [0.25, 0.3) is 0 Å². The lowest BCUT2D eigenvalue weighted by atomic mass is 10.1. The molecule has 1 aromatic heterocycles. The lowest BCUT2D eigenvalue weighted by Gasteiger charge is -2.30. The zero-order valence-electron chi connectivity index (χ0n) is 9.11. The third kappa shape index (κ3) is 2.83. The van der Waals surface area contributed by atoms with Crippen LogP contribution < -0.4 is 11.1 Å². The van der Waals surface area contributed by atoms with E-state index in [4.69, 9.17) is 5.73 Å². The number of anilines is 2. The summed E-state index contributed by atoms with van der Waals surface area (Å²) in [6, 6.07) is 4.19. The smallest absolute Gasteiger partial charge is 0.128 e. The molecular weight excluding hydrogens is 188 g/mol. The largest absolute Gasteiger partial charge is 0.399 e. The van der Waals surface area contributed by atoms with Crippen molar-refractivity contribution in [1.82, 2.24) is 9.88 Å². The number of hydrogen-bond donors (Lipinski definition) is 2. The van der Waals surface area contributed by atoms with E-state index in [9.17, 15) is 0 Å². The summed E-state index contributed by atoms with van der Waals surface area (Å²) in [7, 11) is 2.15. The van der Waals surface area contributed by atoms with Gasteiger partial charge < -0.3 is 16.0 Å². The third-order valence-electron chi connectivity index (χ3n) is 2.76. The van der Waals surface area contributed by atoms with Gasteiger partial charge in [-0.05, 0) is 32.5 Å². The highest BCUT2D eigenvalue weighted by molar-refractivity contribution is 5.48. The predicted octanol–water partition coefficient (Wildman–Crippen LogP) is 1.17. The predicted molar refractivity (Wildman–Crippen MR) is 62.8 cm³/mol. The van der Waals surface area contributed by atoms with Crippen LogP contribution in [0.5, 0.6) is 0 Å². The molecule has 1 aliphatic heterocycles. The van der Waals surface area contributed by atoms with Crippen molar-refractivity contribution in [1.29, 1.82) is 0 Å². The average Bonchev–Trinajstić information content (AvgIpc) is 2.17. The van der Waals surface area contributed by atoms with E-state index in [1.165, 1.54) is 19.4 Å². The maximum absolute atomic E-state index is 5.70. The first-order chi connectivity index (χ1) is 7.24. The number of nitrogens with one attached hydrogen (secondary N) is 1. The molecule has 0 spiro atoms. The number of likely N-dealkylation sites (tertiary alicyclic amines) is 1. The van der Waals surface area contributed by atoms with Crippen molar-refractivity contribution in [2.45, 2.75) is 18.9 Å². The minimum Gasteiger partial charge on any atom is -0.399 e. The first-order valence-electron chi connectivity index (χ1n) is 5.40. The van der Waals surface area contributed by atoms with E-state index in [0.29, 0.717) is 6.04 Å². The molecule has 1 saturated heterocycles. The van der Waals surface area contributed by atoms with Gasteiger partial charge in [-0.1, -0.05) is 0 Å². The topological polar surface area (TPSA) is 54.2 Å². The van der Waals surface area contributed by atoms with Crippen molar-refractivity contribution in [2.75, 3.05) is 31.2 Å². The molecule has 0 aliphatic carbocycles. The minimum atomic E-state index is 0.498. The van der Waals surface area contributed by atoms with E-state index in [-0.39, 0.29) is 0 Å². The Labute approximate surface area is 90.5 Å². The van der Waals surface area contributed by atoms with E-state index >= 15 is 0 Å². The van der Waals surface area contributed by atoms with Gasteiger partial charge in [0.2, 0.25) is 0 Å². The van der Waals surface area contributed by atoms with E-state index in [2.05, 4.69) is 22.2 Å². The van der Waals surface area contributed by atoms with Gasteiger partial charge in [-0.2, -0.15) is 0 Å². The molecule has 2 heterocycles. The first-order valence-corrected chi connectivity index (χ1v) is 5.40. The molecule has 1 fully saturated rings. The van der Waals surface area contributed by atoms with Crippen molar-refractivity contribution in [3.8, 4) is 0 Å². The van der Waals surface area contributed by atoms with Crippen LogP contribution >= 0.6 is 0 Å². The molecule has 3 N–H and O–H groups in total. The lowest BCUT2D eigenvalue weighted by molar-refractivity contribution is 0.261. The maximum Gasteiger partial charge on any atom is 0.128 e. The summed E-state index contributed by atoms with van der Waals surface area (Å²) in [4.78, 5) is 6.59. The number of likely N-dealkylation sites (N-methyl/N-ethyl adjacent to an activating group) is 1. The van der Waals surface area contributed by atoms with Crippen molar-refractivity contribution >= 4 is 11.5 Å². The minimum absolute atomic E-state index is 0.498.